The second-order valence-electron chi connectivity index (χ2n) is 7.45. The monoisotopic (exact) mass is 345 g/mol. The number of aryl methyl sites for hydroxylation is 1. The predicted octanol–water partition coefficient (Wildman–Crippen LogP) is 2.61. The fraction of sp³-hybridized carbons (Fsp3) is 0.526. The maximum atomic E-state index is 12.0. The van der Waals surface area contributed by atoms with E-state index in [2.05, 4.69) is 10.6 Å². The smallest absolute Gasteiger partial charge is 0.227 e. The number of rotatable bonds is 5. The molecule has 25 heavy (non-hydrogen) atoms. The third-order valence-electron chi connectivity index (χ3n) is 4.16. The third kappa shape index (κ3) is 5.05. The highest BCUT2D eigenvalue weighted by molar-refractivity contribution is 5.97. The summed E-state index contributed by atoms with van der Waals surface area (Å²) in [6.07, 6.45) is 1.70. The van der Waals surface area contributed by atoms with E-state index in [9.17, 15) is 14.4 Å². The summed E-state index contributed by atoms with van der Waals surface area (Å²) in [5.41, 5.74) is 2.09. The number of hydrogen-bond donors (Lipinski definition) is 2. The topological polar surface area (TPSA) is 78.5 Å². The summed E-state index contributed by atoms with van der Waals surface area (Å²) in [4.78, 5) is 37.4. The lowest BCUT2D eigenvalue weighted by molar-refractivity contribution is -0.128. The Balaban J connectivity index is 1.88. The van der Waals surface area contributed by atoms with Crippen molar-refractivity contribution in [2.24, 2.45) is 5.41 Å². The van der Waals surface area contributed by atoms with Crippen molar-refractivity contribution in [1.29, 1.82) is 0 Å². The fourth-order valence-electron chi connectivity index (χ4n) is 2.72. The Labute approximate surface area is 149 Å². The number of nitrogens with one attached hydrogen (secondary N) is 2. The summed E-state index contributed by atoms with van der Waals surface area (Å²) >= 11 is 0. The summed E-state index contributed by atoms with van der Waals surface area (Å²) in [7, 11) is 0. The number of nitrogens with zero attached hydrogens (tertiary/aromatic N) is 1. The molecule has 2 N–H and O–H groups in total. The third-order valence-corrected chi connectivity index (χ3v) is 4.16. The van der Waals surface area contributed by atoms with Gasteiger partial charge in [-0.2, -0.15) is 0 Å². The van der Waals surface area contributed by atoms with Gasteiger partial charge in [0.2, 0.25) is 17.7 Å². The van der Waals surface area contributed by atoms with E-state index in [1.54, 1.807) is 11.0 Å². The highest BCUT2D eigenvalue weighted by atomic mass is 16.2. The van der Waals surface area contributed by atoms with Crippen LogP contribution in [0.4, 0.5) is 11.4 Å². The van der Waals surface area contributed by atoms with E-state index in [-0.39, 0.29) is 24.1 Å². The molecule has 0 bridgehead atoms. The van der Waals surface area contributed by atoms with E-state index in [1.807, 2.05) is 39.8 Å². The zero-order valence-corrected chi connectivity index (χ0v) is 15.4. The first kappa shape index (κ1) is 19.0. The molecule has 1 heterocycles. The van der Waals surface area contributed by atoms with Crippen molar-refractivity contribution in [3.63, 3.8) is 0 Å². The van der Waals surface area contributed by atoms with Crippen molar-refractivity contribution in [1.82, 2.24) is 5.32 Å². The quantitative estimate of drug-likeness (QED) is 0.861. The van der Waals surface area contributed by atoms with Crippen LogP contribution in [0.25, 0.3) is 0 Å². The first-order valence-electron chi connectivity index (χ1n) is 8.67. The highest BCUT2D eigenvalue weighted by Crippen LogP contribution is 2.27. The number of carbonyl (C=O) groups excluding carboxylic acids is 3. The minimum Gasteiger partial charge on any atom is -0.355 e. The fourth-order valence-corrected chi connectivity index (χ4v) is 2.72. The molecule has 1 aliphatic heterocycles. The predicted molar refractivity (Wildman–Crippen MR) is 98.5 cm³/mol. The first-order valence-corrected chi connectivity index (χ1v) is 8.67. The largest absolute Gasteiger partial charge is 0.355 e. The van der Waals surface area contributed by atoms with Crippen LogP contribution in [0, 0.1) is 12.3 Å². The molecule has 3 amide bonds. The number of anilines is 2. The Bertz CT molecular complexity index is 677. The molecule has 136 valence electrons. The van der Waals surface area contributed by atoms with Gasteiger partial charge >= 0.3 is 0 Å². The first-order chi connectivity index (χ1) is 11.7. The van der Waals surface area contributed by atoms with Crippen molar-refractivity contribution < 1.29 is 14.4 Å². The Kier molecular flexibility index (Phi) is 5.82. The van der Waals surface area contributed by atoms with E-state index in [0.717, 1.165) is 24.2 Å². The maximum absolute atomic E-state index is 12.0. The van der Waals surface area contributed by atoms with Crippen LogP contribution < -0.4 is 15.5 Å². The van der Waals surface area contributed by atoms with Gasteiger partial charge in [-0.25, -0.2) is 0 Å². The van der Waals surface area contributed by atoms with Gasteiger partial charge in [-0.05, 0) is 37.1 Å². The Morgan fingerprint density at radius 1 is 1.24 bits per heavy atom. The molecule has 0 saturated carbocycles. The van der Waals surface area contributed by atoms with Gasteiger partial charge in [-0.15, -0.1) is 0 Å². The average molecular weight is 345 g/mol. The van der Waals surface area contributed by atoms with Crippen molar-refractivity contribution in [3.05, 3.63) is 23.8 Å². The zero-order chi connectivity index (χ0) is 18.6. The molecule has 1 aliphatic rings. The summed E-state index contributed by atoms with van der Waals surface area (Å²) in [6, 6.07) is 5.54. The molecule has 1 aromatic carbocycles. The minimum atomic E-state index is -0.462. The minimum absolute atomic E-state index is 0.0734. The van der Waals surface area contributed by atoms with Crippen LogP contribution in [-0.4, -0.2) is 30.8 Å². The molecule has 2 rings (SSSR count). The summed E-state index contributed by atoms with van der Waals surface area (Å²) in [5, 5.41) is 5.59. The van der Waals surface area contributed by atoms with Crippen LogP contribution in [0.5, 0.6) is 0 Å². The molecule has 1 fully saturated rings. The Morgan fingerprint density at radius 2 is 1.96 bits per heavy atom. The number of carbonyl (C=O) groups is 3. The molecule has 0 aliphatic carbocycles. The van der Waals surface area contributed by atoms with E-state index in [0.29, 0.717) is 18.7 Å². The molecule has 0 atom stereocenters. The van der Waals surface area contributed by atoms with Crippen LogP contribution in [0.2, 0.25) is 0 Å². The van der Waals surface area contributed by atoms with Gasteiger partial charge in [0.1, 0.15) is 0 Å². The van der Waals surface area contributed by atoms with Gasteiger partial charge in [0.05, 0.1) is 0 Å². The number of benzene rings is 1. The van der Waals surface area contributed by atoms with Gasteiger partial charge in [0, 0.05) is 42.7 Å². The van der Waals surface area contributed by atoms with Crippen LogP contribution in [0.1, 0.15) is 45.6 Å². The molecule has 0 radical (unpaired) electrons. The van der Waals surface area contributed by atoms with Crippen molar-refractivity contribution in [2.75, 3.05) is 23.3 Å². The molecule has 0 aromatic heterocycles. The van der Waals surface area contributed by atoms with Gasteiger partial charge in [0.25, 0.3) is 0 Å². The van der Waals surface area contributed by atoms with E-state index in [4.69, 9.17) is 0 Å². The molecular weight excluding hydrogens is 318 g/mol. The SMILES string of the molecule is Cc1cc(NC(=O)CCNC(=O)C(C)(C)C)ccc1N1CCCC1=O. The van der Waals surface area contributed by atoms with Crippen molar-refractivity contribution in [3.8, 4) is 0 Å². The van der Waals surface area contributed by atoms with Crippen molar-refractivity contribution in [2.45, 2.75) is 47.0 Å². The summed E-state index contributed by atoms with van der Waals surface area (Å²) in [6.45, 7) is 8.48. The molecule has 1 saturated heterocycles. The average Bonchev–Trinajstić information content (AvgIpc) is 2.92. The summed E-state index contributed by atoms with van der Waals surface area (Å²) in [5.74, 6) is -0.0798. The number of hydrogen-bond acceptors (Lipinski definition) is 3. The second-order valence-corrected chi connectivity index (χ2v) is 7.45. The van der Waals surface area contributed by atoms with Crippen LogP contribution in [-0.2, 0) is 14.4 Å². The molecule has 6 heteroatoms. The lowest BCUT2D eigenvalue weighted by Crippen LogP contribution is -2.36. The normalized spacial score (nSPS) is 14.6. The molecule has 1 aromatic rings. The molecule has 6 nitrogen and oxygen atoms in total. The molecule has 0 spiro atoms. The Morgan fingerprint density at radius 3 is 2.52 bits per heavy atom. The van der Waals surface area contributed by atoms with Gasteiger partial charge in [-0.1, -0.05) is 20.8 Å². The van der Waals surface area contributed by atoms with Gasteiger partial charge < -0.3 is 15.5 Å². The highest BCUT2D eigenvalue weighted by Gasteiger charge is 2.23. The number of amides is 3. The van der Waals surface area contributed by atoms with Crippen LogP contribution >= 0.6 is 0 Å². The van der Waals surface area contributed by atoms with Crippen LogP contribution in [0.3, 0.4) is 0 Å². The Hall–Kier alpha value is -2.37. The van der Waals surface area contributed by atoms with E-state index >= 15 is 0 Å². The summed E-state index contributed by atoms with van der Waals surface area (Å²) < 4.78 is 0. The maximum Gasteiger partial charge on any atom is 0.227 e. The molecular formula is C19H27N3O3. The lowest BCUT2D eigenvalue weighted by Gasteiger charge is -2.19. The van der Waals surface area contributed by atoms with Crippen molar-refractivity contribution >= 4 is 29.1 Å². The molecule has 0 unspecified atom stereocenters. The lowest BCUT2D eigenvalue weighted by atomic mass is 9.96. The van der Waals surface area contributed by atoms with E-state index < -0.39 is 5.41 Å². The van der Waals surface area contributed by atoms with Gasteiger partial charge in [-0.3, -0.25) is 14.4 Å². The van der Waals surface area contributed by atoms with Crippen LogP contribution in [0.15, 0.2) is 18.2 Å². The standard InChI is InChI=1S/C19H27N3O3/c1-13-12-14(7-8-15(13)22-11-5-6-17(22)24)21-16(23)9-10-20-18(25)19(2,3)4/h7-8,12H,5-6,9-11H2,1-4H3,(H,20,25)(H,21,23). The van der Waals surface area contributed by atoms with E-state index in [1.165, 1.54) is 0 Å². The second kappa shape index (κ2) is 7.68. The van der Waals surface area contributed by atoms with Gasteiger partial charge in [0.15, 0.2) is 0 Å². The zero-order valence-electron chi connectivity index (χ0n) is 15.4.